The molecule has 2 heterocycles. The second-order valence-corrected chi connectivity index (χ2v) is 5.98. The summed E-state index contributed by atoms with van der Waals surface area (Å²) in [5.41, 5.74) is 3.22. The average Bonchev–Trinajstić information content (AvgIpc) is 2.72. The van der Waals surface area contributed by atoms with Gasteiger partial charge in [-0.3, -0.25) is 9.97 Å². The number of aromatic nitrogens is 2. The first-order chi connectivity index (χ1) is 12.8. The van der Waals surface area contributed by atoms with E-state index in [2.05, 4.69) is 28.3 Å². The third kappa shape index (κ3) is 4.80. The van der Waals surface area contributed by atoms with E-state index in [0.29, 0.717) is 13.2 Å². The third-order valence-corrected chi connectivity index (χ3v) is 4.15. The van der Waals surface area contributed by atoms with Crippen LogP contribution in [0.15, 0.2) is 67.1 Å². The third-order valence-electron chi connectivity index (χ3n) is 4.15. The van der Waals surface area contributed by atoms with E-state index in [0.717, 1.165) is 28.3 Å². The van der Waals surface area contributed by atoms with Crippen LogP contribution >= 0.6 is 0 Å². The van der Waals surface area contributed by atoms with Gasteiger partial charge in [-0.2, -0.15) is 0 Å². The molecule has 1 N–H and O–H groups in total. The molecule has 0 saturated heterocycles. The molecule has 0 bridgehead atoms. The maximum absolute atomic E-state index is 5.89. The number of benzene rings is 1. The number of hydrogen-bond donors (Lipinski definition) is 1. The highest BCUT2D eigenvalue weighted by atomic mass is 16.5. The Morgan fingerprint density at radius 1 is 1.00 bits per heavy atom. The van der Waals surface area contributed by atoms with Crippen molar-refractivity contribution >= 4 is 0 Å². The molecule has 0 aliphatic heterocycles. The monoisotopic (exact) mass is 349 g/mol. The number of pyridine rings is 2. The van der Waals surface area contributed by atoms with Crippen molar-refractivity contribution in [1.82, 2.24) is 15.3 Å². The van der Waals surface area contributed by atoms with Crippen LogP contribution in [0.2, 0.25) is 0 Å². The zero-order valence-electron chi connectivity index (χ0n) is 15.1. The van der Waals surface area contributed by atoms with Gasteiger partial charge in [-0.15, -0.1) is 0 Å². The molecule has 0 radical (unpaired) electrons. The predicted octanol–water partition coefficient (Wildman–Crippen LogP) is 3.92. The van der Waals surface area contributed by atoms with Gasteiger partial charge in [-0.25, -0.2) is 0 Å². The normalized spacial score (nSPS) is 11.8. The predicted molar refractivity (Wildman–Crippen MR) is 101 cm³/mol. The molecule has 0 spiro atoms. The van der Waals surface area contributed by atoms with E-state index in [1.165, 1.54) is 0 Å². The summed E-state index contributed by atoms with van der Waals surface area (Å²) >= 11 is 0. The van der Waals surface area contributed by atoms with Crippen LogP contribution in [0, 0.1) is 0 Å². The lowest BCUT2D eigenvalue weighted by molar-refractivity contribution is 0.284. The first-order valence-corrected chi connectivity index (χ1v) is 8.59. The van der Waals surface area contributed by atoms with E-state index in [4.69, 9.17) is 9.47 Å². The molecule has 5 nitrogen and oxygen atoms in total. The molecule has 3 rings (SSSR count). The van der Waals surface area contributed by atoms with Crippen LogP contribution in [0.1, 0.15) is 29.8 Å². The minimum Gasteiger partial charge on any atom is -0.493 e. The van der Waals surface area contributed by atoms with Gasteiger partial charge in [0.15, 0.2) is 11.5 Å². The molecule has 0 saturated carbocycles. The van der Waals surface area contributed by atoms with E-state index in [1.807, 2.05) is 42.5 Å². The Balaban J connectivity index is 1.63. The lowest BCUT2D eigenvalue weighted by Crippen LogP contribution is -2.18. The minimum atomic E-state index is 0.167. The second-order valence-electron chi connectivity index (χ2n) is 5.98. The fourth-order valence-electron chi connectivity index (χ4n) is 2.59. The fraction of sp³-hybridized carbons (Fsp3) is 0.238. The van der Waals surface area contributed by atoms with Gasteiger partial charge in [0.05, 0.1) is 12.8 Å². The number of hydrogen-bond acceptors (Lipinski definition) is 5. The van der Waals surface area contributed by atoms with Gasteiger partial charge in [-0.05, 0) is 54.4 Å². The van der Waals surface area contributed by atoms with Gasteiger partial charge in [0.2, 0.25) is 0 Å². The summed E-state index contributed by atoms with van der Waals surface area (Å²) < 4.78 is 11.4. The molecular formula is C21H23N3O2. The van der Waals surface area contributed by atoms with Crippen LogP contribution in [0.3, 0.4) is 0 Å². The summed E-state index contributed by atoms with van der Waals surface area (Å²) in [6.07, 6.45) is 5.32. The molecule has 0 fully saturated rings. The van der Waals surface area contributed by atoms with E-state index in [-0.39, 0.29) is 6.04 Å². The van der Waals surface area contributed by atoms with Crippen molar-refractivity contribution in [2.45, 2.75) is 26.1 Å². The molecule has 5 heteroatoms. The van der Waals surface area contributed by atoms with Gasteiger partial charge in [-0.1, -0.05) is 12.1 Å². The zero-order chi connectivity index (χ0) is 18.2. The second kappa shape index (κ2) is 8.97. The molecule has 1 atom stereocenters. The smallest absolute Gasteiger partial charge is 0.161 e. The highest BCUT2D eigenvalue weighted by Crippen LogP contribution is 2.31. The van der Waals surface area contributed by atoms with Gasteiger partial charge in [0.1, 0.15) is 6.61 Å². The van der Waals surface area contributed by atoms with Gasteiger partial charge >= 0.3 is 0 Å². The lowest BCUT2D eigenvalue weighted by Gasteiger charge is -2.17. The zero-order valence-corrected chi connectivity index (χ0v) is 15.1. The van der Waals surface area contributed by atoms with Crippen molar-refractivity contribution in [2.24, 2.45) is 0 Å². The van der Waals surface area contributed by atoms with Crippen molar-refractivity contribution in [3.8, 4) is 11.5 Å². The molecule has 1 aromatic carbocycles. The Bertz CT molecular complexity index is 810. The first kappa shape index (κ1) is 17.9. The minimum absolute atomic E-state index is 0.167. The molecule has 134 valence electrons. The fourth-order valence-corrected chi connectivity index (χ4v) is 2.59. The summed E-state index contributed by atoms with van der Waals surface area (Å²) in [4.78, 5) is 8.35. The van der Waals surface area contributed by atoms with Crippen molar-refractivity contribution in [3.05, 3.63) is 83.9 Å². The molecule has 0 unspecified atom stereocenters. The standard InChI is InChI=1S/C21H23N3O2/c1-16(24-14-19-5-3-4-10-23-19)18-6-7-20(21(13-18)25-2)26-15-17-8-11-22-12-9-17/h3-13,16,24H,14-15H2,1-2H3/t16-/m1/s1. The van der Waals surface area contributed by atoms with E-state index in [9.17, 15) is 0 Å². The van der Waals surface area contributed by atoms with Crippen LogP contribution < -0.4 is 14.8 Å². The summed E-state index contributed by atoms with van der Waals surface area (Å²) in [5, 5.41) is 3.48. The Morgan fingerprint density at radius 2 is 1.85 bits per heavy atom. The van der Waals surface area contributed by atoms with Crippen LogP contribution in [-0.4, -0.2) is 17.1 Å². The van der Waals surface area contributed by atoms with Crippen LogP contribution in [0.5, 0.6) is 11.5 Å². The quantitative estimate of drug-likeness (QED) is 0.668. The van der Waals surface area contributed by atoms with Gasteiger partial charge < -0.3 is 14.8 Å². The van der Waals surface area contributed by atoms with E-state index >= 15 is 0 Å². The molecule has 2 aromatic heterocycles. The number of nitrogens with one attached hydrogen (secondary N) is 1. The van der Waals surface area contributed by atoms with Crippen molar-refractivity contribution in [3.63, 3.8) is 0 Å². The van der Waals surface area contributed by atoms with E-state index in [1.54, 1.807) is 25.7 Å². The summed E-state index contributed by atoms with van der Waals surface area (Å²) in [6, 6.07) is 16.0. The van der Waals surface area contributed by atoms with Crippen molar-refractivity contribution in [2.75, 3.05) is 7.11 Å². The molecule has 26 heavy (non-hydrogen) atoms. The Labute approximate surface area is 154 Å². The average molecular weight is 349 g/mol. The van der Waals surface area contributed by atoms with Crippen LogP contribution in [0.4, 0.5) is 0 Å². The molecule has 0 aliphatic rings. The molecule has 0 amide bonds. The molecule has 3 aromatic rings. The summed E-state index contributed by atoms with van der Waals surface area (Å²) in [7, 11) is 1.66. The largest absolute Gasteiger partial charge is 0.493 e. The first-order valence-electron chi connectivity index (χ1n) is 8.59. The summed E-state index contributed by atoms with van der Waals surface area (Å²) in [6.45, 7) is 3.31. The molecular weight excluding hydrogens is 326 g/mol. The molecule has 0 aliphatic carbocycles. The van der Waals surface area contributed by atoms with Gasteiger partial charge in [0, 0.05) is 31.2 Å². The van der Waals surface area contributed by atoms with Gasteiger partial charge in [0.25, 0.3) is 0 Å². The SMILES string of the molecule is COc1cc([C@@H](C)NCc2ccccn2)ccc1OCc1ccncc1. The van der Waals surface area contributed by atoms with Crippen LogP contribution in [0.25, 0.3) is 0 Å². The Kier molecular flexibility index (Phi) is 6.17. The van der Waals surface area contributed by atoms with E-state index < -0.39 is 0 Å². The maximum atomic E-state index is 5.89. The lowest BCUT2D eigenvalue weighted by atomic mass is 10.1. The van der Waals surface area contributed by atoms with Crippen LogP contribution in [-0.2, 0) is 13.2 Å². The highest BCUT2D eigenvalue weighted by Gasteiger charge is 2.11. The Hall–Kier alpha value is -2.92. The highest BCUT2D eigenvalue weighted by molar-refractivity contribution is 5.44. The number of ether oxygens (including phenoxy) is 2. The Morgan fingerprint density at radius 3 is 2.58 bits per heavy atom. The number of nitrogens with zero attached hydrogens (tertiary/aromatic N) is 2. The maximum Gasteiger partial charge on any atom is 0.161 e. The number of rotatable bonds is 8. The topological polar surface area (TPSA) is 56.3 Å². The summed E-state index contributed by atoms with van der Waals surface area (Å²) in [5.74, 6) is 1.45. The van der Waals surface area contributed by atoms with Crippen molar-refractivity contribution in [1.29, 1.82) is 0 Å². The van der Waals surface area contributed by atoms with Crippen molar-refractivity contribution < 1.29 is 9.47 Å². The number of methoxy groups -OCH3 is 1.